The minimum Gasteiger partial charge on any atom is -0.462 e. The number of amides is 1. The minimum atomic E-state index is -0.786. The Kier molecular flexibility index (Phi) is 51.0. The van der Waals surface area contributed by atoms with Crippen LogP contribution >= 0.6 is 0 Å². The molecule has 6 nitrogen and oxygen atoms in total. The molecule has 378 valence electrons. The first-order valence-electron chi connectivity index (χ1n) is 28.6. The van der Waals surface area contributed by atoms with Gasteiger partial charge in [-0.1, -0.05) is 270 Å². The van der Waals surface area contributed by atoms with Crippen LogP contribution in [0.1, 0.15) is 310 Å². The van der Waals surface area contributed by atoms with Crippen LogP contribution in [0.2, 0.25) is 0 Å². The number of aliphatic hydroxyl groups is 2. The highest BCUT2D eigenvalue weighted by molar-refractivity contribution is 5.77. The Morgan fingerprint density at radius 1 is 0.453 bits per heavy atom. The Morgan fingerprint density at radius 3 is 1.19 bits per heavy atom. The summed E-state index contributed by atoms with van der Waals surface area (Å²) < 4.78 is 5.95. The molecule has 6 heteroatoms. The summed E-state index contributed by atoms with van der Waals surface area (Å²) in [5, 5.41) is 23.9. The van der Waals surface area contributed by atoms with Crippen LogP contribution in [-0.4, -0.2) is 46.9 Å². The first kappa shape index (κ1) is 62.3. The number of carbonyl (C=O) groups excluding carboxylic acids is 2. The average molecular weight is 903 g/mol. The zero-order valence-electron chi connectivity index (χ0n) is 43.2. The number of ether oxygens (including phenoxy) is 1. The van der Waals surface area contributed by atoms with E-state index in [4.69, 9.17) is 4.74 Å². The number of hydrogen-bond donors (Lipinski definition) is 3. The topological polar surface area (TPSA) is 95.9 Å². The van der Waals surface area contributed by atoms with Crippen LogP contribution in [0.5, 0.6) is 0 Å². The van der Waals surface area contributed by atoms with E-state index in [0.717, 1.165) is 51.4 Å². The Labute approximate surface area is 399 Å². The Bertz CT molecular complexity index is 1010. The van der Waals surface area contributed by atoms with Crippen LogP contribution in [0, 0.1) is 0 Å². The van der Waals surface area contributed by atoms with E-state index in [1.54, 1.807) is 0 Å². The molecule has 0 aliphatic carbocycles. The fourth-order valence-electron chi connectivity index (χ4n) is 8.95. The standard InChI is InChI=1S/C58H111NO5/c1-4-7-10-13-16-19-22-25-27-28-30-32-35-38-41-44-47-50-56(61)55(53-60)59-57(62)52-54(49-46-43-40-37-34-31-24-21-18-15-12-9-6-3)64-58(63)51-48-45-42-39-36-33-29-26-23-20-17-14-11-8-5-2/h17,20,23,26,54-56,60-61H,4-16,18-19,21-22,24-25,27-53H2,1-3H3,(H,59,62)/b20-17+,26-23+. The molecule has 0 spiro atoms. The molecule has 0 aromatic carbocycles. The van der Waals surface area contributed by atoms with Gasteiger partial charge in [-0.2, -0.15) is 0 Å². The van der Waals surface area contributed by atoms with E-state index >= 15 is 0 Å². The van der Waals surface area contributed by atoms with E-state index in [1.807, 2.05) is 0 Å². The summed E-state index contributed by atoms with van der Waals surface area (Å²) >= 11 is 0. The van der Waals surface area contributed by atoms with Crippen LogP contribution in [0.4, 0.5) is 0 Å². The van der Waals surface area contributed by atoms with Gasteiger partial charge in [0.05, 0.1) is 25.2 Å². The third-order valence-corrected chi connectivity index (χ3v) is 13.3. The van der Waals surface area contributed by atoms with Gasteiger partial charge in [-0.15, -0.1) is 0 Å². The van der Waals surface area contributed by atoms with E-state index < -0.39 is 18.2 Å². The van der Waals surface area contributed by atoms with Crippen molar-refractivity contribution in [2.24, 2.45) is 0 Å². The maximum Gasteiger partial charge on any atom is 0.306 e. The van der Waals surface area contributed by atoms with Crippen LogP contribution in [0.3, 0.4) is 0 Å². The number of esters is 1. The Balaban J connectivity index is 4.49. The zero-order chi connectivity index (χ0) is 46.7. The number of rotatable bonds is 52. The number of allylic oxidation sites excluding steroid dienone is 4. The highest BCUT2D eigenvalue weighted by Crippen LogP contribution is 2.19. The lowest BCUT2D eigenvalue weighted by atomic mass is 10.0. The summed E-state index contributed by atoms with van der Waals surface area (Å²) in [5.41, 5.74) is 0. The van der Waals surface area contributed by atoms with Crippen molar-refractivity contribution in [2.75, 3.05) is 6.61 Å². The van der Waals surface area contributed by atoms with E-state index in [2.05, 4.69) is 50.4 Å². The first-order chi connectivity index (χ1) is 31.5. The van der Waals surface area contributed by atoms with Crippen LogP contribution < -0.4 is 5.32 Å². The third kappa shape index (κ3) is 46.9. The van der Waals surface area contributed by atoms with Gasteiger partial charge in [0.15, 0.2) is 0 Å². The molecule has 0 aliphatic rings. The van der Waals surface area contributed by atoms with Crippen LogP contribution in [0.15, 0.2) is 24.3 Å². The van der Waals surface area contributed by atoms with Gasteiger partial charge < -0.3 is 20.3 Å². The summed E-state index contributed by atoms with van der Waals surface area (Å²) in [6, 6.07) is -0.700. The zero-order valence-corrected chi connectivity index (χ0v) is 43.2. The summed E-state index contributed by atoms with van der Waals surface area (Å²) in [6.45, 7) is 6.49. The molecule has 0 rings (SSSR count). The first-order valence-corrected chi connectivity index (χ1v) is 28.6. The fourth-order valence-corrected chi connectivity index (χ4v) is 8.95. The second kappa shape index (κ2) is 52.3. The molecular formula is C58H111NO5. The number of aliphatic hydroxyl groups excluding tert-OH is 2. The second-order valence-corrected chi connectivity index (χ2v) is 19.7. The van der Waals surface area contributed by atoms with Crippen LogP contribution in [0.25, 0.3) is 0 Å². The molecular weight excluding hydrogens is 791 g/mol. The van der Waals surface area contributed by atoms with Gasteiger partial charge in [0.25, 0.3) is 0 Å². The van der Waals surface area contributed by atoms with Crippen molar-refractivity contribution < 1.29 is 24.5 Å². The maximum absolute atomic E-state index is 13.3. The average Bonchev–Trinajstić information content (AvgIpc) is 3.29. The molecule has 0 aromatic rings. The predicted octanol–water partition coefficient (Wildman–Crippen LogP) is 17.5. The highest BCUT2D eigenvalue weighted by Gasteiger charge is 2.24. The second-order valence-electron chi connectivity index (χ2n) is 19.7. The van der Waals surface area contributed by atoms with Crippen molar-refractivity contribution in [3.05, 3.63) is 24.3 Å². The van der Waals surface area contributed by atoms with Gasteiger partial charge in [0.1, 0.15) is 6.10 Å². The van der Waals surface area contributed by atoms with Crippen molar-refractivity contribution in [1.82, 2.24) is 5.32 Å². The van der Waals surface area contributed by atoms with E-state index in [0.29, 0.717) is 19.3 Å². The monoisotopic (exact) mass is 902 g/mol. The molecule has 3 N–H and O–H groups in total. The maximum atomic E-state index is 13.3. The van der Waals surface area contributed by atoms with Gasteiger partial charge in [0.2, 0.25) is 5.91 Å². The lowest BCUT2D eigenvalue weighted by Gasteiger charge is -2.24. The molecule has 0 heterocycles. The molecule has 0 aromatic heterocycles. The summed E-state index contributed by atoms with van der Waals surface area (Å²) in [6.07, 6.45) is 60.9. The summed E-state index contributed by atoms with van der Waals surface area (Å²) in [5.74, 6) is -0.469. The fraction of sp³-hybridized carbons (Fsp3) is 0.897. The molecule has 0 saturated carbocycles. The lowest BCUT2D eigenvalue weighted by Crippen LogP contribution is -2.46. The SMILES string of the molecule is CCCCC/C=C/C=C/CCCCCCCCC(=O)OC(CCCCCCCCCCCCCCC)CC(=O)NC(CO)C(O)CCCCCCCCCCCCCCCCCCC. The molecule has 0 radical (unpaired) electrons. The van der Waals surface area contributed by atoms with Gasteiger partial charge in [-0.05, 0) is 51.4 Å². The van der Waals surface area contributed by atoms with Crippen molar-refractivity contribution in [1.29, 1.82) is 0 Å². The number of nitrogens with one attached hydrogen (secondary N) is 1. The quantitative estimate of drug-likeness (QED) is 0.0321. The van der Waals surface area contributed by atoms with Gasteiger partial charge in [-0.3, -0.25) is 9.59 Å². The number of unbranched alkanes of at least 4 members (excludes halogenated alkanes) is 37. The Morgan fingerprint density at radius 2 is 0.781 bits per heavy atom. The van der Waals surface area contributed by atoms with E-state index in [9.17, 15) is 19.8 Å². The largest absolute Gasteiger partial charge is 0.462 e. The molecule has 0 saturated heterocycles. The summed E-state index contributed by atoms with van der Waals surface area (Å²) in [4.78, 5) is 26.2. The third-order valence-electron chi connectivity index (χ3n) is 13.3. The van der Waals surface area contributed by atoms with Gasteiger partial charge in [0, 0.05) is 6.42 Å². The van der Waals surface area contributed by atoms with Crippen molar-refractivity contribution >= 4 is 11.9 Å². The minimum absolute atomic E-state index is 0.0788. The summed E-state index contributed by atoms with van der Waals surface area (Å²) in [7, 11) is 0. The molecule has 0 fully saturated rings. The van der Waals surface area contributed by atoms with E-state index in [-0.39, 0.29) is 24.9 Å². The number of carbonyl (C=O) groups is 2. The Hall–Kier alpha value is -1.66. The smallest absolute Gasteiger partial charge is 0.306 e. The number of hydrogen-bond acceptors (Lipinski definition) is 5. The molecule has 3 unspecified atom stereocenters. The van der Waals surface area contributed by atoms with Crippen LogP contribution in [-0.2, 0) is 14.3 Å². The molecule has 1 amide bonds. The van der Waals surface area contributed by atoms with E-state index in [1.165, 1.54) is 212 Å². The highest BCUT2D eigenvalue weighted by atomic mass is 16.5. The van der Waals surface area contributed by atoms with Crippen molar-refractivity contribution in [3.63, 3.8) is 0 Å². The molecule has 3 atom stereocenters. The van der Waals surface area contributed by atoms with Crippen molar-refractivity contribution in [3.8, 4) is 0 Å². The van der Waals surface area contributed by atoms with Crippen molar-refractivity contribution in [2.45, 2.75) is 328 Å². The molecule has 64 heavy (non-hydrogen) atoms. The molecule has 0 bridgehead atoms. The normalized spacial score (nSPS) is 13.3. The van der Waals surface area contributed by atoms with Gasteiger partial charge >= 0.3 is 5.97 Å². The predicted molar refractivity (Wildman–Crippen MR) is 278 cm³/mol. The van der Waals surface area contributed by atoms with Gasteiger partial charge in [-0.25, -0.2) is 0 Å². The molecule has 0 aliphatic heterocycles. The lowest BCUT2D eigenvalue weighted by molar-refractivity contribution is -0.151.